The van der Waals surface area contributed by atoms with Gasteiger partial charge in [0.25, 0.3) is 11.5 Å². The van der Waals surface area contributed by atoms with Crippen LogP contribution in [-0.2, 0) is 6.54 Å². The summed E-state index contributed by atoms with van der Waals surface area (Å²) in [6.45, 7) is 6.52. The van der Waals surface area contributed by atoms with Gasteiger partial charge in [0.05, 0.1) is 16.6 Å². The van der Waals surface area contributed by atoms with Crippen molar-refractivity contribution in [3.63, 3.8) is 0 Å². The number of amides is 1. The Balaban J connectivity index is 2.06. The number of nitrogens with zero attached hydrogens (tertiary/aromatic N) is 1. The molecule has 0 aliphatic heterocycles. The van der Waals surface area contributed by atoms with Crippen molar-refractivity contribution < 1.29 is 9.18 Å². The van der Waals surface area contributed by atoms with Crippen LogP contribution < -0.4 is 16.3 Å². The Hall–Kier alpha value is -3.15. The Bertz CT molecular complexity index is 1090. The minimum Gasteiger partial charge on any atom is -0.348 e. The van der Waals surface area contributed by atoms with E-state index in [0.717, 1.165) is 17.5 Å². The van der Waals surface area contributed by atoms with Gasteiger partial charge in [0, 0.05) is 18.5 Å². The highest BCUT2D eigenvalue weighted by Gasteiger charge is 2.21. The molecular weight excluding hydrogens is 357 g/mol. The van der Waals surface area contributed by atoms with Crippen molar-refractivity contribution in [3.05, 3.63) is 81.0 Å². The van der Waals surface area contributed by atoms with Gasteiger partial charge in [-0.3, -0.25) is 9.59 Å². The quantitative estimate of drug-likeness (QED) is 0.685. The molecule has 0 saturated heterocycles. The highest BCUT2D eigenvalue weighted by molar-refractivity contribution is 6.07. The van der Waals surface area contributed by atoms with Crippen LogP contribution in [-0.4, -0.2) is 17.1 Å². The van der Waals surface area contributed by atoms with E-state index < -0.39 is 11.4 Å². The monoisotopic (exact) mass is 381 g/mol. The van der Waals surface area contributed by atoms with Crippen molar-refractivity contribution in [2.24, 2.45) is 0 Å². The lowest BCUT2D eigenvalue weighted by Gasteiger charge is -2.18. The topological polar surface area (TPSA) is 63.1 Å². The lowest BCUT2D eigenvalue weighted by atomic mass is 10.0. The molecule has 1 amide bonds. The van der Waals surface area contributed by atoms with Gasteiger partial charge in [-0.05, 0) is 31.9 Å². The first-order valence-corrected chi connectivity index (χ1v) is 9.35. The zero-order valence-electron chi connectivity index (χ0n) is 16.3. The average molecular weight is 381 g/mol. The molecule has 2 aromatic carbocycles. The number of hydrogen-bond donors (Lipinski definition) is 2. The second kappa shape index (κ2) is 8.25. The molecule has 5 nitrogen and oxygen atoms in total. The second-order valence-corrected chi connectivity index (χ2v) is 6.84. The number of aryl methyl sites for hydroxylation is 1. The summed E-state index contributed by atoms with van der Waals surface area (Å²) >= 11 is 0. The lowest BCUT2D eigenvalue weighted by molar-refractivity contribution is 0.0951. The number of carbonyl (C=O) groups is 1. The number of halogens is 1. The first-order chi connectivity index (χ1) is 13.4. The number of hydrogen-bond acceptors (Lipinski definition) is 3. The van der Waals surface area contributed by atoms with Crippen molar-refractivity contribution in [2.75, 3.05) is 12.0 Å². The number of fused-ring (bicyclic) bond motifs is 1. The second-order valence-electron chi connectivity index (χ2n) is 6.84. The summed E-state index contributed by atoms with van der Waals surface area (Å²) in [5.41, 5.74) is 5.32. The molecule has 0 atom stereocenters. The smallest absolute Gasteiger partial charge is 0.279 e. The normalized spacial score (nSPS) is 10.9. The van der Waals surface area contributed by atoms with Crippen molar-refractivity contribution in [1.82, 2.24) is 9.99 Å². The van der Waals surface area contributed by atoms with Crippen LogP contribution in [0.3, 0.4) is 0 Å². The maximum atomic E-state index is 14.4. The van der Waals surface area contributed by atoms with Crippen molar-refractivity contribution in [2.45, 2.75) is 33.7 Å². The minimum absolute atomic E-state index is 0.0857. The molecule has 146 valence electrons. The zero-order chi connectivity index (χ0) is 20.3. The molecule has 0 spiro atoms. The van der Waals surface area contributed by atoms with Gasteiger partial charge in [0.15, 0.2) is 0 Å². The van der Waals surface area contributed by atoms with Crippen molar-refractivity contribution >= 4 is 16.7 Å². The van der Waals surface area contributed by atoms with Crippen LogP contribution in [0.15, 0.2) is 47.3 Å². The third-order valence-corrected chi connectivity index (χ3v) is 4.68. The van der Waals surface area contributed by atoms with Crippen LogP contribution in [0.4, 0.5) is 4.39 Å². The van der Waals surface area contributed by atoms with Gasteiger partial charge in [-0.2, -0.15) is 0 Å². The highest BCUT2D eigenvalue weighted by atomic mass is 19.1. The zero-order valence-corrected chi connectivity index (χ0v) is 16.3. The fourth-order valence-corrected chi connectivity index (χ4v) is 3.31. The third kappa shape index (κ3) is 3.76. The summed E-state index contributed by atoms with van der Waals surface area (Å²) in [4.78, 5) is 25.8. The molecule has 6 heteroatoms. The molecule has 28 heavy (non-hydrogen) atoms. The summed E-state index contributed by atoms with van der Waals surface area (Å²) in [7, 11) is 0. The Labute approximate surface area is 163 Å². The van der Waals surface area contributed by atoms with Gasteiger partial charge < -0.3 is 10.7 Å². The maximum absolute atomic E-state index is 14.4. The predicted octanol–water partition coefficient (Wildman–Crippen LogP) is 3.64. The summed E-state index contributed by atoms with van der Waals surface area (Å²) in [6.07, 6.45) is 0.788. The molecule has 0 saturated carbocycles. The summed E-state index contributed by atoms with van der Waals surface area (Å²) < 4.78 is 15.7. The number of rotatable bonds is 6. The molecular formula is C22H24FN3O2. The van der Waals surface area contributed by atoms with Crippen LogP contribution in [0.25, 0.3) is 10.8 Å². The van der Waals surface area contributed by atoms with Crippen LogP contribution in [0.1, 0.15) is 40.5 Å². The molecule has 0 radical (unpaired) electrons. The van der Waals surface area contributed by atoms with Crippen molar-refractivity contribution in [1.29, 1.82) is 0 Å². The maximum Gasteiger partial charge on any atom is 0.279 e. The Morgan fingerprint density at radius 3 is 2.61 bits per heavy atom. The first-order valence-electron chi connectivity index (χ1n) is 9.35. The van der Waals surface area contributed by atoms with Gasteiger partial charge in [0.1, 0.15) is 5.82 Å². The van der Waals surface area contributed by atoms with Gasteiger partial charge >= 0.3 is 0 Å². The third-order valence-electron chi connectivity index (χ3n) is 4.68. The average Bonchev–Trinajstić information content (AvgIpc) is 2.66. The molecule has 0 fully saturated rings. The molecule has 0 aliphatic rings. The van der Waals surface area contributed by atoms with E-state index in [-0.39, 0.29) is 11.3 Å². The van der Waals surface area contributed by atoms with E-state index in [1.54, 1.807) is 13.0 Å². The largest absolute Gasteiger partial charge is 0.348 e. The number of benzene rings is 2. The highest BCUT2D eigenvalue weighted by Crippen LogP contribution is 2.21. The standard InChI is InChI=1S/C22H24FN3O2/c1-4-11-25-26-15(3)19(17-9-6-10-18(23)20(17)22(26)28)21(27)24-13-16-8-5-7-14(2)12-16/h5-10,12,25H,4,11,13H2,1-3H3,(H,24,27). The van der Waals surface area contributed by atoms with E-state index in [1.807, 2.05) is 38.1 Å². The van der Waals surface area contributed by atoms with Gasteiger partial charge in [-0.25, -0.2) is 9.07 Å². The number of pyridine rings is 1. The van der Waals surface area contributed by atoms with E-state index in [2.05, 4.69) is 10.7 Å². The van der Waals surface area contributed by atoms with Crippen molar-refractivity contribution in [3.8, 4) is 0 Å². The van der Waals surface area contributed by atoms with Crippen LogP contribution in [0, 0.1) is 19.7 Å². The SMILES string of the molecule is CCCNn1c(C)c(C(=O)NCc2cccc(C)c2)c2cccc(F)c2c1=O. The molecule has 3 aromatic rings. The summed E-state index contributed by atoms with van der Waals surface area (Å²) in [5.74, 6) is -0.982. The molecule has 1 heterocycles. The fourth-order valence-electron chi connectivity index (χ4n) is 3.31. The molecule has 1 aromatic heterocycles. The van der Waals surface area contributed by atoms with Crippen LogP contribution in [0.5, 0.6) is 0 Å². The van der Waals surface area contributed by atoms with E-state index in [9.17, 15) is 14.0 Å². The van der Waals surface area contributed by atoms with E-state index >= 15 is 0 Å². The molecule has 0 bridgehead atoms. The van der Waals surface area contributed by atoms with E-state index in [0.29, 0.717) is 29.7 Å². The fraction of sp³-hybridized carbons (Fsp3) is 0.273. The number of aromatic nitrogens is 1. The summed E-state index contributed by atoms with van der Waals surface area (Å²) in [5, 5.41) is 3.13. The van der Waals surface area contributed by atoms with Gasteiger partial charge in [-0.15, -0.1) is 0 Å². The van der Waals surface area contributed by atoms with E-state index in [4.69, 9.17) is 0 Å². The number of nitrogens with one attached hydrogen (secondary N) is 2. The molecule has 0 unspecified atom stereocenters. The Morgan fingerprint density at radius 1 is 1.14 bits per heavy atom. The molecule has 3 rings (SSSR count). The van der Waals surface area contributed by atoms with Crippen LogP contribution >= 0.6 is 0 Å². The first kappa shape index (κ1) is 19.6. The van der Waals surface area contributed by atoms with Gasteiger partial charge in [-0.1, -0.05) is 48.9 Å². The van der Waals surface area contributed by atoms with Crippen LogP contribution in [0.2, 0.25) is 0 Å². The lowest BCUT2D eigenvalue weighted by Crippen LogP contribution is -2.35. The Morgan fingerprint density at radius 2 is 1.89 bits per heavy atom. The Kier molecular flexibility index (Phi) is 5.78. The molecule has 2 N–H and O–H groups in total. The summed E-state index contributed by atoms with van der Waals surface area (Å²) in [6, 6.07) is 12.2. The molecule has 0 aliphatic carbocycles. The minimum atomic E-state index is -0.637. The van der Waals surface area contributed by atoms with Gasteiger partial charge in [0.2, 0.25) is 0 Å². The number of carbonyl (C=O) groups excluding carboxylic acids is 1. The van der Waals surface area contributed by atoms with E-state index in [1.165, 1.54) is 16.8 Å². The predicted molar refractivity (Wildman–Crippen MR) is 110 cm³/mol.